The number of alkyl halides is 3. The number of sulfonamides is 1. The predicted octanol–water partition coefficient (Wildman–Crippen LogP) is 3.23. The first kappa shape index (κ1) is 22.1. The summed E-state index contributed by atoms with van der Waals surface area (Å²) in [6.45, 7) is 3.20. The molecular weight excluding hydrogens is 427 g/mol. The van der Waals surface area contributed by atoms with Crippen molar-refractivity contribution in [3.05, 3.63) is 35.7 Å². The fourth-order valence-electron chi connectivity index (χ4n) is 3.36. The number of anilines is 1. The van der Waals surface area contributed by atoms with Gasteiger partial charge in [-0.05, 0) is 38.8 Å². The zero-order chi connectivity index (χ0) is 22.1. The molecule has 30 heavy (non-hydrogen) atoms. The van der Waals surface area contributed by atoms with Crippen LogP contribution in [0.15, 0.2) is 33.7 Å². The van der Waals surface area contributed by atoms with E-state index in [1.165, 1.54) is 30.3 Å². The predicted molar refractivity (Wildman–Crippen MR) is 99.2 cm³/mol. The van der Waals surface area contributed by atoms with Gasteiger partial charge in [0.15, 0.2) is 5.76 Å². The number of hydrogen-bond acceptors (Lipinski definition) is 6. The highest BCUT2D eigenvalue weighted by atomic mass is 32.2. The van der Waals surface area contributed by atoms with Gasteiger partial charge in [-0.2, -0.15) is 4.31 Å². The lowest BCUT2D eigenvalue weighted by Gasteiger charge is -2.31. The number of hydrogen-bond donors (Lipinski definition) is 1. The second-order valence-corrected chi connectivity index (χ2v) is 8.80. The van der Waals surface area contributed by atoms with E-state index in [1.54, 1.807) is 0 Å². The van der Waals surface area contributed by atoms with Crippen LogP contribution in [0.4, 0.5) is 18.9 Å². The van der Waals surface area contributed by atoms with Crippen molar-refractivity contribution in [1.29, 1.82) is 0 Å². The minimum atomic E-state index is -4.85. The molecule has 1 aliphatic rings. The Labute approximate surface area is 171 Å². The van der Waals surface area contributed by atoms with Crippen LogP contribution in [-0.2, 0) is 14.8 Å². The van der Waals surface area contributed by atoms with Gasteiger partial charge in [0.05, 0.1) is 5.92 Å². The van der Waals surface area contributed by atoms with Gasteiger partial charge in [-0.25, -0.2) is 8.42 Å². The maximum absolute atomic E-state index is 13.0. The first-order valence-corrected chi connectivity index (χ1v) is 10.5. The third-order valence-electron chi connectivity index (χ3n) is 4.66. The van der Waals surface area contributed by atoms with E-state index in [9.17, 15) is 26.4 Å². The number of rotatable bonds is 5. The summed E-state index contributed by atoms with van der Waals surface area (Å²) in [5.41, 5.74) is 0.355. The molecular formula is C18H20F3N3O5S. The van der Waals surface area contributed by atoms with Crippen LogP contribution in [0.1, 0.15) is 24.3 Å². The maximum Gasteiger partial charge on any atom is 0.573 e. The van der Waals surface area contributed by atoms with Crippen LogP contribution in [0.3, 0.4) is 0 Å². The highest BCUT2D eigenvalue weighted by molar-refractivity contribution is 7.89. The molecule has 0 radical (unpaired) electrons. The van der Waals surface area contributed by atoms with Gasteiger partial charge in [0.1, 0.15) is 16.3 Å². The number of carbonyl (C=O) groups excluding carboxylic acids is 1. The van der Waals surface area contributed by atoms with Crippen LogP contribution in [0.5, 0.6) is 5.75 Å². The van der Waals surface area contributed by atoms with Crippen LogP contribution in [0.2, 0.25) is 0 Å². The van der Waals surface area contributed by atoms with Crippen LogP contribution in [0.25, 0.3) is 0 Å². The topological polar surface area (TPSA) is 102 Å². The molecule has 0 unspecified atom stereocenters. The van der Waals surface area contributed by atoms with E-state index in [1.807, 2.05) is 0 Å². The largest absolute Gasteiger partial charge is 0.573 e. The monoisotopic (exact) mass is 447 g/mol. The number of halogens is 3. The molecule has 1 amide bonds. The van der Waals surface area contributed by atoms with E-state index in [2.05, 4.69) is 15.2 Å². The lowest BCUT2D eigenvalue weighted by atomic mass is 9.98. The van der Waals surface area contributed by atoms with Gasteiger partial charge in [0.2, 0.25) is 15.9 Å². The SMILES string of the molecule is Cc1noc(C)c1S(=O)(=O)N1CCC[C@@H](C(=O)Nc2cccc(OC(F)(F)F)c2)C1. The average molecular weight is 447 g/mol. The number of aromatic nitrogens is 1. The minimum absolute atomic E-state index is 0.0134. The Kier molecular flexibility index (Phi) is 6.09. The van der Waals surface area contributed by atoms with Gasteiger partial charge < -0.3 is 14.6 Å². The molecule has 2 aromatic rings. The summed E-state index contributed by atoms with van der Waals surface area (Å²) in [4.78, 5) is 12.6. The number of nitrogens with zero attached hydrogens (tertiary/aromatic N) is 2. The number of carbonyl (C=O) groups is 1. The van der Waals surface area contributed by atoms with E-state index >= 15 is 0 Å². The number of ether oxygens (including phenoxy) is 1. The number of aryl methyl sites for hydroxylation is 2. The molecule has 1 N–H and O–H groups in total. The Morgan fingerprint density at radius 3 is 2.70 bits per heavy atom. The Bertz CT molecular complexity index is 1020. The fraction of sp³-hybridized carbons (Fsp3) is 0.444. The van der Waals surface area contributed by atoms with E-state index in [0.29, 0.717) is 12.8 Å². The summed E-state index contributed by atoms with van der Waals surface area (Å²) in [5, 5.41) is 6.20. The van der Waals surface area contributed by atoms with E-state index < -0.39 is 34.0 Å². The van der Waals surface area contributed by atoms with Gasteiger partial charge >= 0.3 is 6.36 Å². The highest BCUT2D eigenvalue weighted by Crippen LogP contribution is 2.29. The number of benzene rings is 1. The molecule has 8 nitrogen and oxygen atoms in total. The van der Waals surface area contributed by atoms with E-state index in [4.69, 9.17) is 4.52 Å². The summed E-state index contributed by atoms with van der Waals surface area (Å²) < 4.78 is 73.0. The van der Waals surface area contributed by atoms with Gasteiger partial charge in [-0.15, -0.1) is 13.2 Å². The average Bonchev–Trinajstić information content (AvgIpc) is 2.99. The molecule has 1 aromatic carbocycles. The molecule has 1 aromatic heterocycles. The molecule has 164 valence electrons. The molecule has 1 fully saturated rings. The summed E-state index contributed by atoms with van der Waals surface area (Å²) in [7, 11) is -3.89. The molecule has 0 bridgehead atoms. The number of amides is 1. The summed E-state index contributed by atoms with van der Waals surface area (Å²) in [6, 6.07) is 4.89. The van der Waals surface area contributed by atoms with E-state index in [-0.39, 0.29) is 35.1 Å². The third kappa shape index (κ3) is 4.93. The Morgan fingerprint density at radius 2 is 2.07 bits per heavy atom. The van der Waals surface area contributed by atoms with Gasteiger partial charge in [0.25, 0.3) is 0 Å². The Hall–Kier alpha value is -2.60. The molecule has 0 aliphatic carbocycles. The molecule has 1 saturated heterocycles. The van der Waals surface area contributed by atoms with Crippen molar-refractivity contribution in [3.8, 4) is 5.75 Å². The van der Waals surface area contributed by atoms with Crippen molar-refractivity contribution in [2.24, 2.45) is 5.92 Å². The molecule has 0 saturated carbocycles. The lowest BCUT2D eigenvalue weighted by Crippen LogP contribution is -2.43. The van der Waals surface area contributed by atoms with Crippen molar-refractivity contribution >= 4 is 21.6 Å². The fourth-order valence-corrected chi connectivity index (χ4v) is 5.18. The second-order valence-electron chi connectivity index (χ2n) is 6.92. The number of piperidine rings is 1. The van der Waals surface area contributed by atoms with Crippen molar-refractivity contribution in [1.82, 2.24) is 9.46 Å². The van der Waals surface area contributed by atoms with Crippen LogP contribution in [0, 0.1) is 19.8 Å². The van der Waals surface area contributed by atoms with Crippen LogP contribution < -0.4 is 10.1 Å². The van der Waals surface area contributed by atoms with Gasteiger partial charge in [-0.1, -0.05) is 11.2 Å². The third-order valence-corrected chi connectivity index (χ3v) is 6.77. The number of nitrogens with one attached hydrogen (secondary N) is 1. The second kappa shape index (κ2) is 8.26. The molecule has 12 heteroatoms. The maximum atomic E-state index is 13.0. The normalized spacial score (nSPS) is 18.2. The standard InChI is InChI=1S/C18H20F3N3O5S/c1-11-16(12(2)29-23-11)30(26,27)24-8-4-5-13(10-24)17(25)22-14-6-3-7-15(9-14)28-18(19,20)21/h3,6-7,9,13H,4-5,8,10H2,1-2H3,(H,22,25)/t13-/m1/s1. The highest BCUT2D eigenvalue weighted by Gasteiger charge is 2.36. The van der Waals surface area contributed by atoms with Crippen molar-refractivity contribution in [2.75, 3.05) is 18.4 Å². The molecule has 2 heterocycles. The summed E-state index contributed by atoms with van der Waals surface area (Å²) in [6.07, 6.45) is -3.95. The van der Waals surface area contributed by atoms with Crippen molar-refractivity contribution in [2.45, 2.75) is 37.9 Å². The smallest absolute Gasteiger partial charge is 0.406 e. The Morgan fingerprint density at radius 1 is 1.33 bits per heavy atom. The van der Waals surface area contributed by atoms with Gasteiger partial charge in [0, 0.05) is 24.8 Å². The minimum Gasteiger partial charge on any atom is -0.406 e. The quantitative estimate of drug-likeness (QED) is 0.755. The molecule has 0 spiro atoms. The molecule has 3 rings (SSSR count). The zero-order valence-electron chi connectivity index (χ0n) is 16.2. The van der Waals surface area contributed by atoms with E-state index in [0.717, 1.165) is 12.1 Å². The first-order valence-electron chi connectivity index (χ1n) is 9.07. The van der Waals surface area contributed by atoms with Crippen LogP contribution in [-0.4, -0.2) is 43.2 Å². The zero-order valence-corrected chi connectivity index (χ0v) is 17.0. The van der Waals surface area contributed by atoms with Crippen molar-refractivity contribution < 1.29 is 35.6 Å². The van der Waals surface area contributed by atoms with Gasteiger partial charge in [-0.3, -0.25) is 4.79 Å². The summed E-state index contributed by atoms with van der Waals surface area (Å²) in [5.74, 6) is -1.45. The lowest BCUT2D eigenvalue weighted by molar-refractivity contribution is -0.274. The van der Waals surface area contributed by atoms with Crippen molar-refractivity contribution in [3.63, 3.8) is 0 Å². The molecule has 1 atom stereocenters. The summed E-state index contributed by atoms with van der Waals surface area (Å²) >= 11 is 0. The first-order chi connectivity index (χ1) is 14.0. The molecule has 1 aliphatic heterocycles. The Balaban J connectivity index is 1.71. The van der Waals surface area contributed by atoms with Crippen LogP contribution >= 0.6 is 0 Å².